The molecule has 1 saturated heterocycles. The van der Waals surface area contributed by atoms with Crippen molar-refractivity contribution in [1.82, 2.24) is 4.90 Å². The predicted molar refractivity (Wildman–Crippen MR) is 78.5 cm³/mol. The van der Waals surface area contributed by atoms with Crippen LogP contribution in [0.4, 0.5) is 10.5 Å². The summed E-state index contributed by atoms with van der Waals surface area (Å²) < 4.78 is 5.46. The van der Waals surface area contributed by atoms with Crippen LogP contribution in [0.25, 0.3) is 0 Å². The Balaban J connectivity index is 2.09. The minimum absolute atomic E-state index is 0.244. The van der Waals surface area contributed by atoms with E-state index in [2.05, 4.69) is 5.32 Å². The second-order valence-electron chi connectivity index (χ2n) is 4.72. The molecule has 2 amide bonds. The van der Waals surface area contributed by atoms with Gasteiger partial charge >= 0.3 is 6.03 Å². The van der Waals surface area contributed by atoms with Crippen molar-refractivity contribution >= 4 is 23.3 Å². The third-order valence-electron chi connectivity index (χ3n) is 3.18. The second kappa shape index (κ2) is 6.81. The van der Waals surface area contributed by atoms with Crippen molar-refractivity contribution < 1.29 is 14.6 Å². The smallest absolute Gasteiger partial charge is 0.322 e. The van der Waals surface area contributed by atoms with E-state index >= 15 is 0 Å². The van der Waals surface area contributed by atoms with Gasteiger partial charge in [0.25, 0.3) is 0 Å². The lowest BCUT2D eigenvalue weighted by Gasteiger charge is -2.30. The molecule has 1 heterocycles. The van der Waals surface area contributed by atoms with E-state index in [0.717, 1.165) is 12.8 Å². The van der Waals surface area contributed by atoms with Gasteiger partial charge in [-0.3, -0.25) is 0 Å². The highest BCUT2D eigenvalue weighted by Gasteiger charge is 2.23. The molecule has 6 heteroatoms. The summed E-state index contributed by atoms with van der Waals surface area (Å²) in [5.74, 6) is 0.475. The molecule has 5 nitrogen and oxygen atoms in total. The van der Waals surface area contributed by atoms with Crippen LogP contribution in [-0.2, 0) is 0 Å². The largest absolute Gasteiger partial charge is 0.490 e. The van der Waals surface area contributed by atoms with Gasteiger partial charge in [0.2, 0.25) is 0 Å². The zero-order valence-electron chi connectivity index (χ0n) is 11.4. The Morgan fingerprint density at radius 1 is 1.60 bits per heavy atom. The molecule has 0 spiro atoms. The third kappa shape index (κ3) is 3.55. The maximum Gasteiger partial charge on any atom is 0.322 e. The van der Waals surface area contributed by atoms with E-state index in [-0.39, 0.29) is 6.03 Å². The summed E-state index contributed by atoms with van der Waals surface area (Å²) in [6.07, 6.45) is 1.10. The average Bonchev–Trinajstić information content (AvgIpc) is 2.42. The summed E-state index contributed by atoms with van der Waals surface area (Å²) in [5, 5.41) is 12.9. The molecule has 1 fully saturated rings. The molecule has 1 aromatic rings. The van der Waals surface area contributed by atoms with Crippen molar-refractivity contribution in [1.29, 1.82) is 0 Å². The number of urea groups is 1. The molecule has 2 rings (SSSR count). The van der Waals surface area contributed by atoms with Gasteiger partial charge in [0.1, 0.15) is 0 Å². The van der Waals surface area contributed by atoms with E-state index in [1.807, 2.05) is 6.92 Å². The number of benzene rings is 1. The van der Waals surface area contributed by atoms with Gasteiger partial charge in [-0.05, 0) is 31.9 Å². The van der Waals surface area contributed by atoms with Crippen LogP contribution in [0, 0.1) is 0 Å². The quantitative estimate of drug-likeness (QED) is 0.902. The fourth-order valence-corrected chi connectivity index (χ4v) is 2.46. The number of piperidine rings is 1. The van der Waals surface area contributed by atoms with E-state index < -0.39 is 6.10 Å². The summed E-state index contributed by atoms with van der Waals surface area (Å²) in [5.41, 5.74) is 0.546. The molecule has 0 saturated carbocycles. The van der Waals surface area contributed by atoms with Gasteiger partial charge in [0, 0.05) is 13.1 Å². The topological polar surface area (TPSA) is 61.8 Å². The first-order chi connectivity index (χ1) is 9.61. The second-order valence-corrected chi connectivity index (χ2v) is 5.13. The monoisotopic (exact) mass is 298 g/mol. The summed E-state index contributed by atoms with van der Waals surface area (Å²) >= 11 is 6.07. The summed E-state index contributed by atoms with van der Waals surface area (Å²) in [6, 6.07) is 4.97. The SMILES string of the molecule is CCOc1c(Cl)cccc1NC(=O)N1CCCC(O)C1. The molecular weight excluding hydrogens is 280 g/mol. The van der Waals surface area contributed by atoms with E-state index in [1.165, 1.54) is 0 Å². The van der Waals surface area contributed by atoms with Crippen molar-refractivity contribution in [2.24, 2.45) is 0 Å². The molecule has 1 unspecified atom stereocenters. The van der Waals surface area contributed by atoms with Gasteiger partial charge < -0.3 is 20.1 Å². The minimum atomic E-state index is -0.444. The standard InChI is InChI=1S/C14H19ClN2O3/c1-2-20-13-11(15)6-3-7-12(13)16-14(19)17-8-4-5-10(18)9-17/h3,6-7,10,18H,2,4-5,8-9H2,1H3,(H,16,19). The Kier molecular flexibility index (Phi) is 5.09. The first kappa shape index (κ1) is 14.9. The summed E-state index contributed by atoms with van der Waals surface area (Å²) in [6.45, 7) is 3.33. The highest BCUT2D eigenvalue weighted by molar-refractivity contribution is 6.32. The summed E-state index contributed by atoms with van der Waals surface area (Å²) in [7, 11) is 0. The molecule has 1 aliphatic rings. The van der Waals surface area contributed by atoms with E-state index in [4.69, 9.17) is 16.3 Å². The number of carbonyl (C=O) groups excluding carboxylic acids is 1. The fraction of sp³-hybridized carbons (Fsp3) is 0.500. The third-order valence-corrected chi connectivity index (χ3v) is 3.48. The first-order valence-electron chi connectivity index (χ1n) is 6.77. The first-order valence-corrected chi connectivity index (χ1v) is 7.15. The summed E-state index contributed by atoms with van der Waals surface area (Å²) in [4.78, 5) is 13.8. The van der Waals surface area contributed by atoms with Crippen molar-refractivity contribution in [2.45, 2.75) is 25.9 Å². The van der Waals surface area contributed by atoms with Gasteiger partial charge in [0.05, 0.1) is 23.4 Å². The number of hydrogen-bond donors (Lipinski definition) is 2. The van der Waals surface area contributed by atoms with E-state index in [9.17, 15) is 9.90 Å². The number of aliphatic hydroxyl groups is 1. The molecule has 20 heavy (non-hydrogen) atoms. The number of likely N-dealkylation sites (tertiary alicyclic amines) is 1. The normalized spacial score (nSPS) is 18.8. The molecule has 1 aromatic carbocycles. The fourth-order valence-electron chi connectivity index (χ4n) is 2.23. The van der Waals surface area contributed by atoms with E-state index in [1.54, 1.807) is 23.1 Å². The Hall–Kier alpha value is -1.46. The Morgan fingerprint density at radius 2 is 2.40 bits per heavy atom. The van der Waals surface area contributed by atoms with Crippen LogP contribution in [0.1, 0.15) is 19.8 Å². The number of rotatable bonds is 3. The molecular formula is C14H19ClN2O3. The number of para-hydroxylation sites is 1. The zero-order valence-corrected chi connectivity index (χ0v) is 12.2. The number of anilines is 1. The maximum absolute atomic E-state index is 12.2. The molecule has 2 N–H and O–H groups in total. The lowest BCUT2D eigenvalue weighted by Crippen LogP contribution is -2.44. The number of amides is 2. The molecule has 1 aliphatic heterocycles. The van der Waals surface area contributed by atoms with Crippen molar-refractivity contribution in [3.8, 4) is 5.75 Å². The Labute approximate surface area is 123 Å². The number of carbonyl (C=O) groups is 1. The number of β-amino-alcohol motifs (C(OH)–C–C–N with tert-alkyl or cyclic N) is 1. The Morgan fingerprint density at radius 3 is 3.10 bits per heavy atom. The Bertz CT molecular complexity index is 481. The number of halogens is 1. The highest BCUT2D eigenvalue weighted by Crippen LogP contribution is 2.33. The van der Waals surface area contributed by atoms with Gasteiger partial charge in [-0.15, -0.1) is 0 Å². The highest BCUT2D eigenvalue weighted by atomic mass is 35.5. The number of aliphatic hydroxyl groups excluding tert-OH is 1. The van der Waals surface area contributed by atoms with Crippen LogP contribution < -0.4 is 10.1 Å². The minimum Gasteiger partial charge on any atom is -0.490 e. The molecule has 0 radical (unpaired) electrons. The number of hydrogen-bond acceptors (Lipinski definition) is 3. The van der Waals surface area contributed by atoms with Crippen LogP contribution in [-0.4, -0.2) is 41.8 Å². The van der Waals surface area contributed by atoms with Crippen molar-refractivity contribution in [3.05, 3.63) is 23.2 Å². The lowest BCUT2D eigenvalue weighted by atomic mass is 10.1. The van der Waals surface area contributed by atoms with Crippen LogP contribution in [0.5, 0.6) is 5.75 Å². The van der Waals surface area contributed by atoms with Crippen LogP contribution in [0.15, 0.2) is 18.2 Å². The zero-order chi connectivity index (χ0) is 14.5. The van der Waals surface area contributed by atoms with Crippen molar-refractivity contribution in [3.63, 3.8) is 0 Å². The van der Waals surface area contributed by atoms with Crippen molar-refractivity contribution in [2.75, 3.05) is 25.0 Å². The van der Waals surface area contributed by atoms with Gasteiger partial charge in [-0.2, -0.15) is 0 Å². The number of ether oxygens (including phenoxy) is 1. The van der Waals surface area contributed by atoms with E-state index in [0.29, 0.717) is 36.2 Å². The van der Waals surface area contributed by atoms with Crippen LogP contribution in [0.2, 0.25) is 5.02 Å². The van der Waals surface area contributed by atoms with Gasteiger partial charge in [-0.1, -0.05) is 17.7 Å². The van der Waals surface area contributed by atoms with Crippen LogP contribution >= 0.6 is 11.6 Å². The lowest BCUT2D eigenvalue weighted by molar-refractivity contribution is 0.0883. The van der Waals surface area contributed by atoms with Crippen LogP contribution in [0.3, 0.4) is 0 Å². The maximum atomic E-state index is 12.2. The predicted octanol–water partition coefficient (Wildman–Crippen LogP) is 2.73. The molecule has 0 aromatic heterocycles. The number of nitrogens with zero attached hydrogens (tertiary/aromatic N) is 1. The average molecular weight is 299 g/mol. The van der Waals surface area contributed by atoms with Gasteiger partial charge in [0.15, 0.2) is 5.75 Å². The molecule has 1 atom stereocenters. The van der Waals surface area contributed by atoms with Gasteiger partial charge in [-0.25, -0.2) is 4.79 Å². The molecule has 110 valence electrons. The molecule has 0 bridgehead atoms. The molecule has 0 aliphatic carbocycles. The number of nitrogens with one attached hydrogen (secondary N) is 1.